The molecule has 6 heteroatoms. The zero-order chi connectivity index (χ0) is 15.4. The maximum atomic E-state index is 12.0. The monoisotopic (exact) mass is 321 g/mol. The second-order valence-electron chi connectivity index (χ2n) is 6.39. The van der Waals surface area contributed by atoms with Crippen molar-refractivity contribution in [2.45, 2.75) is 51.4 Å². The Kier molecular flexibility index (Phi) is 5.08. The molecule has 0 spiro atoms. The summed E-state index contributed by atoms with van der Waals surface area (Å²) in [5.41, 5.74) is 0.734. The van der Waals surface area contributed by atoms with E-state index >= 15 is 0 Å². The van der Waals surface area contributed by atoms with Crippen molar-refractivity contribution in [3.05, 3.63) is 11.1 Å². The Bertz CT molecular complexity index is 533. The molecule has 2 N–H and O–H groups in total. The number of carbonyl (C=O) groups excluding carboxylic acids is 2. The maximum Gasteiger partial charge on any atom is 0.229 e. The van der Waals surface area contributed by atoms with Gasteiger partial charge in [0.05, 0.1) is 12.1 Å². The molecule has 2 saturated carbocycles. The van der Waals surface area contributed by atoms with Gasteiger partial charge in [-0.1, -0.05) is 19.3 Å². The second kappa shape index (κ2) is 7.22. The molecule has 0 saturated heterocycles. The van der Waals surface area contributed by atoms with E-state index in [4.69, 9.17) is 0 Å². The number of aromatic nitrogens is 1. The van der Waals surface area contributed by atoms with E-state index in [9.17, 15) is 9.59 Å². The zero-order valence-electron chi connectivity index (χ0n) is 12.8. The van der Waals surface area contributed by atoms with Crippen LogP contribution in [-0.2, 0) is 16.0 Å². The highest BCUT2D eigenvalue weighted by molar-refractivity contribution is 7.13. The molecule has 22 heavy (non-hydrogen) atoms. The number of nitrogens with one attached hydrogen (secondary N) is 2. The Hall–Kier alpha value is -1.43. The highest BCUT2D eigenvalue weighted by Crippen LogP contribution is 2.30. The Labute approximate surface area is 134 Å². The molecule has 0 bridgehead atoms. The third-order valence-corrected chi connectivity index (χ3v) is 5.19. The minimum absolute atomic E-state index is 0.0240. The van der Waals surface area contributed by atoms with Gasteiger partial charge in [0.1, 0.15) is 0 Å². The van der Waals surface area contributed by atoms with Crippen LogP contribution in [0.4, 0.5) is 5.13 Å². The first-order valence-corrected chi connectivity index (χ1v) is 9.10. The predicted octanol–water partition coefficient (Wildman–Crippen LogP) is 2.73. The summed E-state index contributed by atoms with van der Waals surface area (Å²) in [6.07, 6.45) is 8.62. The van der Waals surface area contributed by atoms with Gasteiger partial charge in [-0.3, -0.25) is 9.59 Å². The summed E-state index contributed by atoms with van der Waals surface area (Å²) < 4.78 is 0. The second-order valence-corrected chi connectivity index (χ2v) is 7.25. The molecule has 0 aromatic carbocycles. The van der Waals surface area contributed by atoms with Crippen LogP contribution in [0, 0.1) is 11.8 Å². The predicted molar refractivity (Wildman–Crippen MR) is 86.8 cm³/mol. The molecule has 1 aromatic heterocycles. The van der Waals surface area contributed by atoms with Gasteiger partial charge >= 0.3 is 0 Å². The normalized spacial score (nSPS) is 18.9. The van der Waals surface area contributed by atoms with Gasteiger partial charge in [0.2, 0.25) is 11.8 Å². The molecule has 0 atom stereocenters. The van der Waals surface area contributed by atoms with E-state index in [2.05, 4.69) is 15.6 Å². The third kappa shape index (κ3) is 4.53. The number of hydrogen-bond donors (Lipinski definition) is 2. The molecule has 0 aliphatic heterocycles. The first-order valence-electron chi connectivity index (χ1n) is 8.22. The van der Waals surface area contributed by atoms with Crippen molar-refractivity contribution < 1.29 is 9.59 Å². The summed E-state index contributed by atoms with van der Waals surface area (Å²) >= 11 is 1.39. The van der Waals surface area contributed by atoms with Gasteiger partial charge in [0, 0.05) is 17.8 Å². The number of anilines is 1. The number of nitrogens with zero attached hydrogens (tertiary/aromatic N) is 1. The van der Waals surface area contributed by atoms with Crippen LogP contribution in [0.15, 0.2) is 5.38 Å². The molecule has 3 rings (SSSR count). The van der Waals surface area contributed by atoms with Crippen molar-refractivity contribution in [1.82, 2.24) is 10.3 Å². The number of thiazole rings is 1. The Balaban J connectivity index is 1.40. The van der Waals surface area contributed by atoms with E-state index < -0.39 is 0 Å². The van der Waals surface area contributed by atoms with E-state index in [1.165, 1.54) is 43.4 Å². The Morgan fingerprint density at radius 2 is 1.95 bits per heavy atom. The van der Waals surface area contributed by atoms with E-state index in [1.807, 2.05) is 5.38 Å². The molecule has 5 nitrogen and oxygen atoms in total. The largest absolute Gasteiger partial charge is 0.355 e. The summed E-state index contributed by atoms with van der Waals surface area (Å²) in [6, 6.07) is 0. The van der Waals surface area contributed by atoms with Crippen LogP contribution < -0.4 is 10.6 Å². The topological polar surface area (TPSA) is 71.1 Å². The number of hydrogen-bond acceptors (Lipinski definition) is 4. The van der Waals surface area contributed by atoms with E-state index in [-0.39, 0.29) is 17.7 Å². The lowest BCUT2D eigenvalue weighted by Crippen LogP contribution is -2.31. The van der Waals surface area contributed by atoms with Crippen LogP contribution in [0.25, 0.3) is 0 Å². The van der Waals surface area contributed by atoms with Gasteiger partial charge in [0.15, 0.2) is 5.13 Å². The summed E-state index contributed by atoms with van der Waals surface area (Å²) in [5.74, 6) is 0.895. The molecular weight excluding hydrogens is 298 g/mol. The third-order valence-electron chi connectivity index (χ3n) is 4.38. The number of amides is 2. The van der Waals surface area contributed by atoms with Crippen LogP contribution in [0.1, 0.15) is 50.6 Å². The van der Waals surface area contributed by atoms with Gasteiger partial charge in [-0.25, -0.2) is 4.98 Å². The molecule has 1 heterocycles. The van der Waals surface area contributed by atoms with Crippen molar-refractivity contribution in [2.24, 2.45) is 11.8 Å². The SMILES string of the molecule is O=C(Cc1csc(NC(=O)C2CC2)n1)NCC1CCCCC1. The van der Waals surface area contributed by atoms with E-state index in [0.717, 1.165) is 25.1 Å². The molecule has 2 aliphatic rings. The van der Waals surface area contributed by atoms with Crippen molar-refractivity contribution in [1.29, 1.82) is 0 Å². The maximum absolute atomic E-state index is 12.0. The van der Waals surface area contributed by atoms with Gasteiger partial charge in [-0.15, -0.1) is 11.3 Å². The van der Waals surface area contributed by atoms with Gasteiger partial charge in [0.25, 0.3) is 0 Å². The van der Waals surface area contributed by atoms with Gasteiger partial charge < -0.3 is 10.6 Å². The number of rotatable bonds is 6. The summed E-state index contributed by atoms with van der Waals surface area (Å²) in [5, 5.41) is 8.29. The first-order chi connectivity index (χ1) is 10.7. The lowest BCUT2D eigenvalue weighted by molar-refractivity contribution is -0.120. The fourth-order valence-electron chi connectivity index (χ4n) is 2.87. The summed E-state index contributed by atoms with van der Waals surface area (Å²) in [6.45, 7) is 0.786. The summed E-state index contributed by atoms with van der Waals surface area (Å²) in [7, 11) is 0. The lowest BCUT2D eigenvalue weighted by atomic mass is 9.89. The van der Waals surface area contributed by atoms with Crippen molar-refractivity contribution in [2.75, 3.05) is 11.9 Å². The quantitative estimate of drug-likeness (QED) is 0.846. The number of carbonyl (C=O) groups is 2. The Morgan fingerprint density at radius 1 is 1.18 bits per heavy atom. The zero-order valence-corrected chi connectivity index (χ0v) is 13.6. The molecule has 2 amide bonds. The molecular formula is C16H23N3O2S. The highest BCUT2D eigenvalue weighted by atomic mass is 32.1. The van der Waals surface area contributed by atoms with Gasteiger partial charge in [-0.2, -0.15) is 0 Å². The minimum Gasteiger partial charge on any atom is -0.355 e. The standard InChI is InChI=1S/C16H23N3O2S/c20-14(17-9-11-4-2-1-3-5-11)8-13-10-22-16(18-13)19-15(21)12-6-7-12/h10-12H,1-9H2,(H,17,20)(H,18,19,21). The molecule has 0 radical (unpaired) electrons. The Morgan fingerprint density at radius 3 is 2.68 bits per heavy atom. The van der Waals surface area contributed by atoms with Crippen LogP contribution in [0.3, 0.4) is 0 Å². The van der Waals surface area contributed by atoms with E-state index in [1.54, 1.807) is 0 Å². The van der Waals surface area contributed by atoms with Crippen LogP contribution in [0.5, 0.6) is 0 Å². The first kappa shape index (κ1) is 15.5. The smallest absolute Gasteiger partial charge is 0.229 e. The van der Waals surface area contributed by atoms with E-state index in [0.29, 0.717) is 17.5 Å². The minimum atomic E-state index is 0.0240. The van der Waals surface area contributed by atoms with Crippen molar-refractivity contribution in [3.63, 3.8) is 0 Å². The molecule has 2 fully saturated rings. The molecule has 2 aliphatic carbocycles. The van der Waals surface area contributed by atoms with Crippen molar-refractivity contribution >= 4 is 28.3 Å². The average molecular weight is 321 g/mol. The fourth-order valence-corrected chi connectivity index (χ4v) is 3.59. The van der Waals surface area contributed by atoms with Gasteiger partial charge in [-0.05, 0) is 31.6 Å². The fraction of sp³-hybridized carbons (Fsp3) is 0.688. The lowest BCUT2D eigenvalue weighted by Gasteiger charge is -2.21. The molecule has 0 unspecified atom stereocenters. The molecule has 120 valence electrons. The highest BCUT2D eigenvalue weighted by Gasteiger charge is 2.30. The van der Waals surface area contributed by atoms with Crippen LogP contribution in [0.2, 0.25) is 0 Å². The summed E-state index contributed by atoms with van der Waals surface area (Å²) in [4.78, 5) is 28.0. The molecule has 1 aromatic rings. The van der Waals surface area contributed by atoms with Crippen LogP contribution in [-0.4, -0.2) is 23.3 Å². The van der Waals surface area contributed by atoms with Crippen molar-refractivity contribution in [3.8, 4) is 0 Å². The average Bonchev–Trinajstić information content (AvgIpc) is 3.29. The van der Waals surface area contributed by atoms with Crippen LogP contribution >= 0.6 is 11.3 Å².